The molecule has 0 aromatic rings. The van der Waals surface area contributed by atoms with Crippen molar-refractivity contribution in [3.05, 3.63) is 12.4 Å². The van der Waals surface area contributed by atoms with Crippen molar-refractivity contribution in [3.63, 3.8) is 0 Å². The first kappa shape index (κ1) is 13.2. The molecule has 2 N–H and O–H groups in total. The Morgan fingerprint density at radius 1 is 1.57 bits per heavy atom. The minimum atomic E-state index is -4.92. The van der Waals surface area contributed by atoms with Gasteiger partial charge >= 0.3 is 0 Å². The van der Waals surface area contributed by atoms with Crippen molar-refractivity contribution in [2.24, 2.45) is 4.99 Å². The second kappa shape index (κ2) is 6.66. The van der Waals surface area contributed by atoms with Crippen LogP contribution in [0.2, 0.25) is 0 Å². The van der Waals surface area contributed by atoms with Crippen LogP contribution in [0.3, 0.4) is 0 Å². The molecule has 1 unspecified atom stereocenters. The summed E-state index contributed by atoms with van der Waals surface area (Å²) in [5.41, 5.74) is 0. The molecule has 14 heavy (non-hydrogen) atoms. The maximum atomic E-state index is 8.63. The second-order valence-corrected chi connectivity index (χ2v) is 3.56. The summed E-state index contributed by atoms with van der Waals surface area (Å²) in [6.07, 6.45) is 8.42. The van der Waals surface area contributed by atoms with Gasteiger partial charge in [0.2, 0.25) is 10.4 Å². The lowest BCUT2D eigenvalue weighted by Gasteiger charge is -2.01. The molecule has 1 aliphatic rings. The van der Waals surface area contributed by atoms with Crippen LogP contribution >= 0.6 is 0 Å². The highest BCUT2D eigenvalue weighted by Gasteiger charge is 2.02. The Balaban J connectivity index is 0.000000292. The first-order chi connectivity index (χ1) is 6.43. The van der Waals surface area contributed by atoms with Crippen LogP contribution in [-0.4, -0.2) is 30.4 Å². The van der Waals surface area contributed by atoms with E-state index in [1.165, 1.54) is 24.3 Å². The molecule has 0 aromatic heterocycles. The van der Waals surface area contributed by atoms with Crippen molar-refractivity contribution in [2.75, 3.05) is 6.54 Å². The van der Waals surface area contributed by atoms with Gasteiger partial charge in [-0.1, -0.05) is 13.3 Å². The van der Waals surface area contributed by atoms with Crippen LogP contribution < -0.4 is 4.90 Å². The molecule has 1 heterocycles. The molecule has 0 aromatic carbocycles. The molecule has 0 spiro atoms. The number of rotatable bonds is 3. The lowest BCUT2D eigenvalue weighted by Crippen LogP contribution is -3.05. The predicted octanol–water partition coefficient (Wildman–Crippen LogP) is -0.811. The average Bonchev–Trinajstić information content (AvgIpc) is 2.49. The normalized spacial score (nSPS) is 19.2. The van der Waals surface area contributed by atoms with E-state index in [-0.39, 0.29) is 0 Å². The van der Waals surface area contributed by atoms with Gasteiger partial charge in [0.05, 0.1) is 12.7 Å². The van der Waals surface area contributed by atoms with Gasteiger partial charge in [-0.05, 0) is 6.42 Å². The monoisotopic (exact) mass is 222 g/mol. The molecule has 1 atom stereocenters. The number of nitrogens with zero attached hydrogens (tertiary/aromatic N) is 1. The molecule has 0 fully saturated rings. The predicted molar refractivity (Wildman–Crippen MR) is 50.7 cm³/mol. The highest BCUT2D eigenvalue weighted by molar-refractivity contribution is 7.79. The summed E-state index contributed by atoms with van der Waals surface area (Å²) in [5.74, 6) is 0. The van der Waals surface area contributed by atoms with Gasteiger partial charge in [-0.25, -0.2) is 13.4 Å². The lowest BCUT2D eigenvalue weighted by molar-refractivity contribution is -0.736. The Morgan fingerprint density at radius 3 is 2.50 bits per heavy atom. The molecule has 1 aliphatic heterocycles. The van der Waals surface area contributed by atoms with Crippen LogP contribution in [-0.2, 0) is 10.4 Å². The third-order valence-corrected chi connectivity index (χ3v) is 1.43. The van der Waals surface area contributed by atoms with Crippen LogP contribution in [0.25, 0.3) is 0 Å². The Hall–Kier alpha value is -0.760. The number of quaternary nitrogens is 1. The fourth-order valence-electron chi connectivity index (χ4n) is 0.849. The molecule has 0 saturated carbocycles. The van der Waals surface area contributed by atoms with E-state index in [9.17, 15) is 0 Å². The quantitative estimate of drug-likeness (QED) is 0.482. The van der Waals surface area contributed by atoms with Gasteiger partial charge in [0.15, 0.2) is 6.34 Å². The number of hydrogen-bond acceptors (Lipinski definition) is 4. The van der Waals surface area contributed by atoms with Gasteiger partial charge in [0.25, 0.3) is 0 Å². The topological polar surface area (TPSA) is 94.2 Å². The SMILES string of the molecule is CCCC[NH+]1C=CN=C1.O=S(=O)([O-])O. The number of nitrogens with one attached hydrogen (secondary N) is 1. The Bertz CT molecular complexity index is 277. The number of unbranched alkanes of at least 4 members (excludes halogenated alkanes) is 1. The van der Waals surface area contributed by atoms with E-state index in [0.717, 1.165) is 0 Å². The lowest BCUT2D eigenvalue weighted by atomic mass is 10.3. The highest BCUT2D eigenvalue weighted by Crippen LogP contribution is 1.80. The summed E-state index contributed by atoms with van der Waals surface area (Å²) in [6.45, 7) is 3.40. The number of aliphatic imine (C=N–C) groups is 1. The van der Waals surface area contributed by atoms with Crippen molar-refractivity contribution in [3.8, 4) is 0 Å². The summed E-state index contributed by atoms with van der Waals surface area (Å²) < 4.78 is 32.8. The third-order valence-electron chi connectivity index (χ3n) is 1.43. The van der Waals surface area contributed by atoms with Crippen molar-refractivity contribution >= 4 is 16.7 Å². The van der Waals surface area contributed by atoms with Crippen molar-refractivity contribution in [1.82, 2.24) is 0 Å². The van der Waals surface area contributed by atoms with Gasteiger partial charge in [-0.15, -0.1) is 0 Å². The zero-order valence-corrected chi connectivity index (χ0v) is 8.70. The molecule has 0 bridgehead atoms. The Morgan fingerprint density at radius 2 is 2.14 bits per heavy atom. The van der Waals surface area contributed by atoms with Gasteiger partial charge in [0, 0.05) is 0 Å². The van der Waals surface area contributed by atoms with Crippen molar-refractivity contribution in [2.45, 2.75) is 19.8 Å². The smallest absolute Gasteiger partial charge is 0.215 e. The van der Waals surface area contributed by atoms with Crippen LogP contribution in [0, 0.1) is 0 Å². The van der Waals surface area contributed by atoms with E-state index in [4.69, 9.17) is 17.5 Å². The summed E-state index contributed by atoms with van der Waals surface area (Å²) >= 11 is 0. The maximum absolute atomic E-state index is 8.63. The van der Waals surface area contributed by atoms with Crippen molar-refractivity contribution in [1.29, 1.82) is 0 Å². The first-order valence-electron chi connectivity index (χ1n) is 4.17. The van der Waals surface area contributed by atoms with Crippen LogP contribution in [0.4, 0.5) is 0 Å². The van der Waals surface area contributed by atoms with Crippen LogP contribution in [0.1, 0.15) is 19.8 Å². The molecule has 0 radical (unpaired) electrons. The van der Waals surface area contributed by atoms with Gasteiger partial charge < -0.3 is 4.55 Å². The zero-order valence-electron chi connectivity index (χ0n) is 7.88. The first-order valence-corrected chi connectivity index (χ1v) is 5.54. The molecular weight excluding hydrogens is 208 g/mol. The fraction of sp³-hybridized carbons (Fsp3) is 0.571. The third kappa shape index (κ3) is 11.2. The van der Waals surface area contributed by atoms with Gasteiger partial charge in [0.1, 0.15) is 6.20 Å². The second-order valence-electron chi connectivity index (χ2n) is 2.70. The Labute approximate surface area is 83.5 Å². The van der Waals surface area contributed by atoms with E-state index < -0.39 is 10.4 Å². The van der Waals surface area contributed by atoms with E-state index >= 15 is 0 Å². The molecule has 6 nitrogen and oxygen atoms in total. The molecule has 0 saturated heterocycles. The minimum Gasteiger partial charge on any atom is -0.726 e. The van der Waals surface area contributed by atoms with Gasteiger partial charge in [-0.2, -0.15) is 0 Å². The summed E-state index contributed by atoms with van der Waals surface area (Å²) in [6, 6.07) is 0. The summed E-state index contributed by atoms with van der Waals surface area (Å²) in [4.78, 5) is 5.35. The standard InChI is InChI=1S/C7H12N2.H2O4S/c1-2-3-5-9-6-4-8-7-9;1-5(2,3)4/h4,6-7H,2-3,5H2,1H3;(H2,1,2,3,4). The summed E-state index contributed by atoms with van der Waals surface area (Å²) in [5, 5.41) is 0. The molecule has 0 amide bonds. The zero-order chi connectivity index (χ0) is 11.0. The molecular formula is C7H14N2O4S. The van der Waals surface area contributed by atoms with Crippen LogP contribution in [0.5, 0.6) is 0 Å². The van der Waals surface area contributed by atoms with Gasteiger partial charge in [-0.3, -0.25) is 9.45 Å². The average molecular weight is 222 g/mol. The fourth-order valence-corrected chi connectivity index (χ4v) is 0.849. The minimum absolute atomic E-state index is 1.19. The van der Waals surface area contributed by atoms with E-state index in [1.54, 1.807) is 0 Å². The molecule has 0 aliphatic carbocycles. The van der Waals surface area contributed by atoms with E-state index in [2.05, 4.69) is 18.1 Å². The van der Waals surface area contributed by atoms with Crippen molar-refractivity contribution < 1.29 is 22.4 Å². The molecule has 1 rings (SSSR count). The highest BCUT2D eigenvalue weighted by atomic mass is 32.3. The summed E-state index contributed by atoms with van der Waals surface area (Å²) in [7, 11) is -4.92. The van der Waals surface area contributed by atoms with E-state index in [1.807, 2.05) is 12.5 Å². The van der Waals surface area contributed by atoms with Crippen LogP contribution in [0.15, 0.2) is 17.4 Å². The molecule has 82 valence electrons. The largest absolute Gasteiger partial charge is 0.726 e. The molecule has 7 heteroatoms. The number of hydrogen-bond donors (Lipinski definition) is 2. The maximum Gasteiger partial charge on any atom is 0.215 e. The Kier molecular flexibility index (Phi) is 6.30. The van der Waals surface area contributed by atoms with E-state index in [0.29, 0.717) is 0 Å².